The zero-order valence-electron chi connectivity index (χ0n) is 9.28. The Kier molecular flexibility index (Phi) is 3.85. The minimum atomic E-state index is -0.218. The van der Waals surface area contributed by atoms with Gasteiger partial charge in [0.2, 0.25) is 11.8 Å². The van der Waals surface area contributed by atoms with Crippen LogP contribution < -0.4 is 11.1 Å². The molecule has 1 amide bonds. The summed E-state index contributed by atoms with van der Waals surface area (Å²) in [5, 5.41) is 2.77. The molecule has 0 aliphatic heterocycles. The van der Waals surface area contributed by atoms with E-state index in [1.807, 2.05) is 13.8 Å². The molecule has 2 unspecified atom stereocenters. The molecule has 1 rings (SSSR count). The van der Waals surface area contributed by atoms with Crippen molar-refractivity contribution in [1.82, 2.24) is 10.3 Å². The lowest BCUT2D eigenvalue weighted by atomic mass is 10.2. The van der Waals surface area contributed by atoms with Crippen LogP contribution in [0.5, 0.6) is 0 Å². The van der Waals surface area contributed by atoms with Crippen molar-refractivity contribution < 1.29 is 9.21 Å². The maximum Gasteiger partial charge on any atom is 0.222 e. The Bertz CT molecular complexity index is 333. The summed E-state index contributed by atoms with van der Waals surface area (Å²) in [4.78, 5) is 15.4. The van der Waals surface area contributed by atoms with E-state index in [9.17, 15) is 4.79 Å². The molecule has 0 saturated carbocycles. The Balaban J connectivity index is 2.48. The molecule has 1 heterocycles. The first-order valence-corrected chi connectivity index (χ1v) is 4.96. The topological polar surface area (TPSA) is 81.2 Å². The van der Waals surface area contributed by atoms with Crippen LogP contribution in [0.4, 0.5) is 0 Å². The summed E-state index contributed by atoms with van der Waals surface area (Å²) >= 11 is 0. The average molecular weight is 211 g/mol. The third kappa shape index (κ3) is 3.71. The van der Waals surface area contributed by atoms with Crippen molar-refractivity contribution in [2.45, 2.75) is 39.3 Å². The molecule has 0 aliphatic carbocycles. The van der Waals surface area contributed by atoms with E-state index in [1.54, 1.807) is 13.1 Å². The first-order chi connectivity index (χ1) is 6.99. The molecular formula is C10H17N3O2. The second-order valence-corrected chi connectivity index (χ2v) is 3.78. The SMILES string of the molecule is Cc1cnc(C(C)NC(=O)CC(C)N)o1. The van der Waals surface area contributed by atoms with E-state index < -0.39 is 0 Å². The molecule has 0 fully saturated rings. The van der Waals surface area contributed by atoms with Crippen molar-refractivity contribution in [2.24, 2.45) is 5.73 Å². The standard InChI is InChI=1S/C10H17N3O2/c1-6(11)4-9(14)13-8(3)10-12-5-7(2)15-10/h5-6,8H,4,11H2,1-3H3,(H,13,14). The number of carbonyl (C=O) groups is 1. The molecule has 0 bridgehead atoms. The van der Waals surface area contributed by atoms with E-state index >= 15 is 0 Å². The van der Waals surface area contributed by atoms with E-state index in [2.05, 4.69) is 10.3 Å². The fourth-order valence-corrected chi connectivity index (χ4v) is 1.23. The zero-order chi connectivity index (χ0) is 11.4. The maximum atomic E-state index is 11.4. The van der Waals surface area contributed by atoms with Gasteiger partial charge in [0, 0.05) is 12.5 Å². The van der Waals surface area contributed by atoms with Gasteiger partial charge in [-0.2, -0.15) is 0 Å². The Morgan fingerprint density at radius 2 is 2.33 bits per heavy atom. The predicted molar refractivity (Wildman–Crippen MR) is 56.1 cm³/mol. The summed E-state index contributed by atoms with van der Waals surface area (Å²) < 4.78 is 5.29. The Morgan fingerprint density at radius 3 is 2.80 bits per heavy atom. The molecule has 2 atom stereocenters. The van der Waals surface area contributed by atoms with Crippen molar-refractivity contribution in [3.05, 3.63) is 17.8 Å². The number of carbonyl (C=O) groups excluding carboxylic acids is 1. The van der Waals surface area contributed by atoms with Gasteiger partial charge in [-0.05, 0) is 20.8 Å². The minimum absolute atomic E-state index is 0.0895. The number of nitrogens with one attached hydrogen (secondary N) is 1. The molecule has 1 aromatic rings. The number of aryl methyl sites for hydroxylation is 1. The molecule has 5 heteroatoms. The van der Waals surface area contributed by atoms with Crippen molar-refractivity contribution in [3.8, 4) is 0 Å². The van der Waals surface area contributed by atoms with Crippen LogP contribution in [0.1, 0.15) is 38.0 Å². The highest BCUT2D eigenvalue weighted by Gasteiger charge is 2.14. The largest absolute Gasteiger partial charge is 0.444 e. The van der Waals surface area contributed by atoms with E-state index in [0.29, 0.717) is 12.3 Å². The number of aromatic nitrogens is 1. The Labute approximate surface area is 89.1 Å². The van der Waals surface area contributed by atoms with Crippen molar-refractivity contribution in [3.63, 3.8) is 0 Å². The quantitative estimate of drug-likeness (QED) is 0.775. The number of nitrogens with zero attached hydrogens (tertiary/aromatic N) is 1. The average Bonchev–Trinajstić information content (AvgIpc) is 2.49. The fourth-order valence-electron chi connectivity index (χ4n) is 1.23. The van der Waals surface area contributed by atoms with Crippen molar-refractivity contribution >= 4 is 5.91 Å². The zero-order valence-corrected chi connectivity index (χ0v) is 9.28. The molecule has 84 valence electrons. The minimum Gasteiger partial charge on any atom is -0.444 e. The van der Waals surface area contributed by atoms with Gasteiger partial charge in [-0.1, -0.05) is 0 Å². The van der Waals surface area contributed by atoms with Gasteiger partial charge in [-0.25, -0.2) is 4.98 Å². The van der Waals surface area contributed by atoms with Crippen LogP contribution in [0.25, 0.3) is 0 Å². The highest BCUT2D eigenvalue weighted by atomic mass is 16.4. The number of oxazole rings is 1. The summed E-state index contributed by atoms with van der Waals surface area (Å²) in [7, 11) is 0. The molecule has 1 aromatic heterocycles. The molecule has 0 aliphatic rings. The normalized spacial score (nSPS) is 14.7. The van der Waals surface area contributed by atoms with Crippen molar-refractivity contribution in [1.29, 1.82) is 0 Å². The Hall–Kier alpha value is -1.36. The van der Waals surface area contributed by atoms with Gasteiger partial charge in [-0.15, -0.1) is 0 Å². The lowest BCUT2D eigenvalue weighted by molar-refractivity contribution is -0.122. The van der Waals surface area contributed by atoms with Gasteiger partial charge in [0.15, 0.2) is 0 Å². The van der Waals surface area contributed by atoms with Crippen molar-refractivity contribution in [2.75, 3.05) is 0 Å². The number of rotatable bonds is 4. The number of hydrogen-bond acceptors (Lipinski definition) is 4. The summed E-state index contributed by atoms with van der Waals surface area (Å²) in [5.41, 5.74) is 5.51. The van der Waals surface area contributed by atoms with Crippen LogP contribution in [0.3, 0.4) is 0 Å². The van der Waals surface area contributed by atoms with E-state index in [0.717, 1.165) is 5.76 Å². The molecule has 3 N–H and O–H groups in total. The third-order valence-corrected chi connectivity index (χ3v) is 1.89. The second kappa shape index (κ2) is 4.93. The summed E-state index contributed by atoms with van der Waals surface area (Å²) in [6.45, 7) is 5.43. The Morgan fingerprint density at radius 1 is 1.67 bits per heavy atom. The monoisotopic (exact) mass is 211 g/mol. The molecule has 15 heavy (non-hydrogen) atoms. The molecular weight excluding hydrogens is 194 g/mol. The van der Waals surface area contributed by atoms with Crippen LogP contribution in [0, 0.1) is 6.92 Å². The lowest BCUT2D eigenvalue weighted by Crippen LogP contribution is -2.31. The van der Waals surface area contributed by atoms with Gasteiger partial charge in [0.25, 0.3) is 0 Å². The third-order valence-electron chi connectivity index (χ3n) is 1.89. The van der Waals surface area contributed by atoms with E-state index in [-0.39, 0.29) is 18.0 Å². The summed E-state index contributed by atoms with van der Waals surface area (Å²) in [6.07, 6.45) is 1.94. The van der Waals surface area contributed by atoms with E-state index in [1.165, 1.54) is 0 Å². The van der Waals surface area contributed by atoms with Crippen LogP contribution in [0.2, 0.25) is 0 Å². The van der Waals surface area contributed by atoms with Gasteiger partial charge >= 0.3 is 0 Å². The van der Waals surface area contributed by atoms with Gasteiger partial charge in [-0.3, -0.25) is 4.79 Å². The van der Waals surface area contributed by atoms with E-state index in [4.69, 9.17) is 10.2 Å². The number of nitrogens with two attached hydrogens (primary N) is 1. The van der Waals surface area contributed by atoms with Crippen LogP contribution >= 0.6 is 0 Å². The van der Waals surface area contributed by atoms with Crippen LogP contribution in [-0.4, -0.2) is 16.9 Å². The first-order valence-electron chi connectivity index (χ1n) is 4.96. The fraction of sp³-hybridized carbons (Fsp3) is 0.600. The lowest BCUT2D eigenvalue weighted by Gasteiger charge is -2.11. The smallest absolute Gasteiger partial charge is 0.222 e. The van der Waals surface area contributed by atoms with Crippen LogP contribution in [0.15, 0.2) is 10.6 Å². The first kappa shape index (κ1) is 11.7. The highest BCUT2D eigenvalue weighted by Crippen LogP contribution is 2.11. The summed E-state index contributed by atoms with van der Waals surface area (Å²) in [5.74, 6) is 1.16. The van der Waals surface area contributed by atoms with Gasteiger partial charge < -0.3 is 15.5 Å². The molecule has 0 spiro atoms. The molecule has 0 saturated heterocycles. The summed E-state index contributed by atoms with van der Waals surface area (Å²) in [6, 6.07) is -0.353. The molecule has 0 aromatic carbocycles. The number of hydrogen-bond donors (Lipinski definition) is 2. The molecule has 0 radical (unpaired) electrons. The van der Waals surface area contributed by atoms with Gasteiger partial charge in [0.1, 0.15) is 11.8 Å². The molecule has 5 nitrogen and oxygen atoms in total. The van der Waals surface area contributed by atoms with Gasteiger partial charge in [0.05, 0.1) is 6.20 Å². The predicted octanol–water partition coefficient (Wildman–Crippen LogP) is 0.898. The second-order valence-electron chi connectivity index (χ2n) is 3.78. The van der Waals surface area contributed by atoms with Crippen LogP contribution in [-0.2, 0) is 4.79 Å². The highest BCUT2D eigenvalue weighted by molar-refractivity contribution is 5.76. The maximum absolute atomic E-state index is 11.4. The number of amides is 1.